The highest BCUT2D eigenvalue weighted by molar-refractivity contribution is 5.86. The van der Waals surface area contributed by atoms with E-state index < -0.39 is 6.10 Å². The summed E-state index contributed by atoms with van der Waals surface area (Å²) in [6.07, 6.45) is 7.25. The highest BCUT2D eigenvalue weighted by Gasteiger charge is 2.62. The van der Waals surface area contributed by atoms with E-state index in [4.69, 9.17) is 9.47 Å². The van der Waals surface area contributed by atoms with Crippen molar-refractivity contribution in [1.82, 2.24) is 0 Å². The predicted molar refractivity (Wildman–Crippen MR) is 103 cm³/mol. The van der Waals surface area contributed by atoms with Crippen molar-refractivity contribution < 1.29 is 23.9 Å². The average Bonchev–Trinajstić information content (AvgIpc) is 2.92. The first-order valence-electron chi connectivity index (χ1n) is 11.0. The molecule has 4 fully saturated rings. The lowest BCUT2D eigenvalue weighted by Gasteiger charge is -2.60. The SMILES string of the molecule is CC(=O)OC1CCC2C3CCC4CC(=O)[C@H](OC(C)=O)CC4(C)C3CCC12C. The van der Waals surface area contributed by atoms with Crippen LogP contribution in [0.4, 0.5) is 0 Å². The molecule has 0 aromatic rings. The number of hydrogen-bond donors (Lipinski definition) is 0. The molecule has 7 unspecified atom stereocenters. The van der Waals surface area contributed by atoms with E-state index in [0.717, 1.165) is 32.1 Å². The summed E-state index contributed by atoms with van der Waals surface area (Å²) in [5.74, 6) is 1.75. The van der Waals surface area contributed by atoms with E-state index >= 15 is 0 Å². The molecule has 4 saturated carbocycles. The molecule has 0 aromatic heterocycles. The maximum absolute atomic E-state index is 12.5. The van der Waals surface area contributed by atoms with Crippen LogP contribution in [0.5, 0.6) is 0 Å². The third-order valence-electron chi connectivity index (χ3n) is 9.03. The Bertz CT molecular complexity index is 686. The molecule has 0 spiro atoms. The van der Waals surface area contributed by atoms with Crippen LogP contribution in [0.15, 0.2) is 0 Å². The van der Waals surface area contributed by atoms with Gasteiger partial charge in [-0.25, -0.2) is 0 Å². The normalized spacial score (nSPS) is 47.5. The first kappa shape index (κ1) is 19.9. The third-order valence-corrected chi connectivity index (χ3v) is 9.03. The van der Waals surface area contributed by atoms with Crippen molar-refractivity contribution in [1.29, 1.82) is 0 Å². The minimum Gasteiger partial charge on any atom is -0.462 e. The predicted octanol–water partition coefficient (Wildman–Crippen LogP) is 4.07. The molecular formula is C23H34O5. The van der Waals surface area contributed by atoms with Gasteiger partial charge in [0.25, 0.3) is 0 Å². The molecule has 0 radical (unpaired) electrons. The molecule has 0 aliphatic heterocycles. The molecule has 28 heavy (non-hydrogen) atoms. The molecule has 156 valence electrons. The van der Waals surface area contributed by atoms with Crippen molar-refractivity contribution in [2.45, 2.75) is 91.3 Å². The van der Waals surface area contributed by atoms with E-state index in [-0.39, 0.29) is 34.7 Å². The van der Waals surface area contributed by atoms with Gasteiger partial charge in [0.15, 0.2) is 11.9 Å². The zero-order valence-electron chi connectivity index (χ0n) is 17.7. The fraction of sp³-hybridized carbons (Fsp3) is 0.870. The number of ketones is 1. The van der Waals surface area contributed by atoms with Gasteiger partial charge in [-0.2, -0.15) is 0 Å². The Hall–Kier alpha value is -1.39. The molecule has 4 aliphatic carbocycles. The van der Waals surface area contributed by atoms with Crippen molar-refractivity contribution in [2.24, 2.45) is 34.5 Å². The van der Waals surface area contributed by atoms with Crippen LogP contribution in [0.2, 0.25) is 0 Å². The summed E-state index contributed by atoms with van der Waals surface area (Å²) in [4.78, 5) is 35.6. The van der Waals surface area contributed by atoms with Crippen molar-refractivity contribution >= 4 is 17.7 Å². The van der Waals surface area contributed by atoms with Crippen LogP contribution in [-0.2, 0) is 23.9 Å². The standard InChI is InChI=1S/C23H34O5/c1-13(24)27-20-12-23(4)15(11-19(20)26)5-6-16-17-7-8-21(28-14(2)25)22(17,3)10-9-18(16)23/h15-18,20-21H,5-12H2,1-4H3/t15?,16?,17?,18?,20-,21?,22?,23?/m1/s1. The fourth-order valence-electron chi connectivity index (χ4n) is 7.73. The molecule has 4 rings (SSSR count). The van der Waals surface area contributed by atoms with Crippen LogP contribution in [0.1, 0.15) is 79.1 Å². The maximum atomic E-state index is 12.5. The Morgan fingerprint density at radius 3 is 2.25 bits per heavy atom. The number of carbonyl (C=O) groups is 3. The molecule has 0 amide bonds. The Labute approximate surface area is 167 Å². The molecule has 0 N–H and O–H groups in total. The number of carbonyl (C=O) groups excluding carboxylic acids is 3. The molecule has 5 heteroatoms. The van der Waals surface area contributed by atoms with Gasteiger partial charge in [-0.15, -0.1) is 0 Å². The topological polar surface area (TPSA) is 69.7 Å². The summed E-state index contributed by atoms with van der Waals surface area (Å²) in [7, 11) is 0. The van der Waals surface area contributed by atoms with Crippen molar-refractivity contribution in [3.8, 4) is 0 Å². The maximum Gasteiger partial charge on any atom is 0.303 e. The quantitative estimate of drug-likeness (QED) is 0.665. The summed E-state index contributed by atoms with van der Waals surface area (Å²) >= 11 is 0. The summed E-state index contributed by atoms with van der Waals surface area (Å²) in [6, 6.07) is 0. The molecule has 0 heterocycles. The van der Waals surface area contributed by atoms with E-state index in [0.29, 0.717) is 36.5 Å². The molecule has 0 saturated heterocycles. The van der Waals surface area contributed by atoms with Crippen LogP contribution in [-0.4, -0.2) is 29.9 Å². The summed E-state index contributed by atoms with van der Waals surface area (Å²) in [5.41, 5.74) is 0.133. The first-order valence-corrected chi connectivity index (χ1v) is 11.0. The largest absolute Gasteiger partial charge is 0.462 e. The van der Waals surface area contributed by atoms with Crippen LogP contribution in [0, 0.1) is 34.5 Å². The summed E-state index contributed by atoms with van der Waals surface area (Å²) in [5, 5.41) is 0. The number of hydrogen-bond acceptors (Lipinski definition) is 5. The number of esters is 2. The van der Waals surface area contributed by atoms with E-state index in [9.17, 15) is 14.4 Å². The monoisotopic (exact) mass is 390 g/mol. The lowest BCUT2D eigenvalue weighted by molar-refractivity contribution is -0.175. The van der Waals surface area contributed by atoms with Crippen molar-refractivity contribution in [2.75, 3.05) is 0 Å². The highest BCUT2D eigenvalue weighted by Crippen LogP contribution is 2.66. The van der Waals surface area contributed by atoms with Gasteiger partial charge in [-0.3, -0.25) is 14.4 Å². The second-order valence-corrected chi connectivity index (χ2v) is 10.3. The highest BCUT2D eigenvalue weighted by atomic mass is 16.5. The number of Topliss-reactive ketones (excluding diaryl/α,β-unsaturated/α-hetero) is 1. The van der Waals surface area contributed by atoms with Gasteiger partial charge in [0.05, 0.1) is 0 Å². The minimum atomic E-state index is -0.566. The number of rotatable bonds is 2. The molecule has 8 atom stereocenters. The molecule has 0 bridgehead atoms. The van der Waals surface area contributed by atoms with Gasteiger partial charge in [0.1, 0.15) is 6.10 Å². The minimum absolute atomic E-state index is 0.0446. The molecule has 0 aromatic carbocycles. The second-order valence-electron chi connectivity index (χ2n) is 10.3. The zero-order valence-corrected chi connectivity index (χ0v) is 17.7. The van der Waals surface area contributed by atoms with Gasteiger partial charge in [-0.1, -0.05) is 13.8 Å². The first-order chi connectivity index (χ1) is 13.1. The van der Waals surface area contributed by atoms with Gasteiger partial charge in [-0.05, 0) is 74.0 Å². The number of ether oxygens (including phenoxy) is 2. The van der Waals surface area contributed by atoms with Crippen LogP contribution < -0.4 is 0 Å². The zero-order chi connectivity index (χ0) is 20.3. The van der Waals surface area contributed by atoms with Gasteiger partial charge < -0.3 is 9.47 Å². The van der Waals surface area contributed by atoms with Crippen LogP contribution in [0.25, 0.3) is 0 Å². The van der Waals surface area contributed by atoms with Crippen molar-refractivity contribution in [3.63, 3.8) is 0 Å². The van der Waals surface area contributed by atoms with E-state index in [1.807, 2.05) is 0 Å². The van der Waals surface area contributed by atoms with Crippen LogP contribution >= 0.6 is 0 Å². The summed E-state index contributed by atoms with van der Waals surface area (Å²) in [6.45, 7) is 7.58. The Kier molecular flexibility index (Phi) is 4.86. The Morgan fingerprint density at radius 2 is 1.57 bits per heavy atom. The number of fused-ring (bicyclic) bond motifs is 5. The molecule has 5 nitrogen and oxygen atoms in total. The summed E-state index contributed by atoms with van der Waals surface area (Å²) < 4.78 is 11.1. The third kappa shape index (κ3) is 3.00. The second kappa shape index (κ2) is 6.84. The van der Waals surface area contributed by atoms with Gasteiger partial charge in [0, 0.05) is 25.7 Å². The van der Waals surface area contributed by atoms with Crippen LogP contribution in [0.3, 0.4) is 0 Å². The van der Waals surface area contributed by atoms with Gasteiger partial charge in [0.2, 0.25) is 0 Å². The lowest BCUT2D eigenvalue weighted by atomic mass is 9.45. The molecular weight excluding hydrogens is 356 g/mol. The fourth-order valence-corrected chi connectivity index (χ4v) is 7.73. The Morgan fingerprint density at radius 1 is 0.893 bits per heavy atom. The Balaban J connectivity index is 1.58. The van der Waals surface area contributed by atoms with E-state index in [2.05, 4.69) is 13.8 Å². The lowest BCUT2D eigenvalue weighted by Crippen LogP contribution is -2.56. The van der Waals surface area contributed by atoms with Crippen molar-refractivity contribution in [3.05, 3.63) is 0 Å². The average molecular weight is 391 g/mol. The van der Waals surface area contributed by atoms with E-state index in [1.54, 1.807) is 0 Å². The molecule has 4 aliphatic rings. The van der Waals surface area contributed by atoms with Gasteiger partial charge >= 0.3 is 11.9 Å². The van der Waals surface area contributed by atoms with E-state index in [1.165, 1.54) is 20.3 Å². The smallest absolute Gasteiger partial charge is 0.303 e.